The molecule has 0 saturated heterocycles. The van der Waals surface area contributed by atoms with Crippen molar-refractivity contribution in [3.8, 4) is 5.75 Å². The van der Waals surface area contributed by atoms with Gasteiger partial charge >= 0.3 is 5.97 Å². The summed E-state index contributed by atoms with van der Waals surface area (Å²) in [6.45, 7) is 3.33. The maximum Gasteiger partial charge on any atom is 0.323 e. The average Bonchev–Trinajstić information content (AvgIpc) is 2.38. The van der Waals surface area contributed by atoms with Gasteiger partial charge in [0.25, 0.3) is 0 Å². The highest BCUT2D eigenvalue weighted by atomic mass is 16.5. The lowest BCUT2D eigenvalue weighted by atomic mass is 9.96. The van der Waals surface area contributed by atoms with Crippen LogP contribution in [0.15, 0.2) is 42.5 Å². The molecule has 2 aromatic carbocycles. The summed E-state index contributed by atoms with van der Waals surface area (Å²) in [5, 5.41) is 11.1. The first kappa shape index (κ1) is 14.3. The Morgan fingerprint density at radius 2 is 1.95 bits per heavy atom. The number of benzene rings is 2. The third-order valence-corrected chi connectivity index (χ3v) is 3.28. The fourth-order valence-corrected chi connectivity index (χ4v) is 2.24. The van der Waals surface area contributed by atoms with E-state index >= 15 is 0 Å². The van der Waals surface area contributed by atoms with Gasteiger partial charge in [-0.15, -0.1) is 0 Å². The summed E-state index contributed by atoms with van der Waals surface area (Å²) < 4.78 is 5.87. The summed E-state index contributed by atoms with van der Waals surface area (Å²) in [5.74, 6) is -0.275. The molecular weight excluding hydrogens is 254 g/mol. The number of hydrogen-bond donors (Lipinski definition) is 2. The SMILES string of the molecule is CC(CC(C)(N)C(=O)O)Oc1cccc2ccccc12. The highest BCUT2D eigenvalue weighted by molar-refractivity contribution is 5.88. The molecule has 0 heterocycles. The molecule has 0 aliphatic carbocycles. The second kappa shape index (κ2) is 5.51. The van der Waals surface area contributed by atoms with Gasteiger partial charge in [-0.25, -0.2) is 0 Å². The third-order valence-electron chi connectivity index (χ3n) is 3.28. The zero-order valence-electron chi connectivity index (χ0n) is 11.7. The topological polar surface area (TPSA) is 72.6 Å². The normalized spacial score (nSPS) is 15.6. The van der Waals surface area contributed by atoms with Gasteiger partial charge in [0.05, 0.1) is 6.10 Å². The molecule has 2 atom stereocenters. The Labute approximate surface area is 118 Å². The van der Waals surface area contributed by atoms with Gasteiger partial charge in [0, 0.05) is 11.8 Å². The van der Waals surface area contributed by atoms with E-state index in [2.05, 4.69) is 0 Å². The first-order chi connectivity index (χ1) is 9.40. The first-order valence-electron chi connectivity index (χ1n) is 6.57. The Hall–Kier alpha value is -2.07. The van der Waals surface area contributed by atoms with E-state index in [4.69, 9.17) is 15.6 Å². The number of rotatable bonds is 5. The van der Waals surface area contributed by atoms with Crippen molar-refractivity contribution in [2.45, 2.75) is 31.9 Å². The lowest BCUT2D eigenvalue weighted by Gasteiger charge is -2.24. The van der Waals surface area contributed by atoms with Crippen molar-refractivity contribution in [2.75, 3.05) is 0 Å². The fraction of sp³-hybridized carbons (Fsp3) is 0.312. The number of aliphatic carboxylic acids is 1. The van der Waals surface area contributed by atoms with Crippen molar-refractivity contribution in [1.29, 1.82) is 0 Å². The summed E-state index contributed by atoms with van der Waals surface area (Å²) in [6, 6.07) is 13.7. The van der Waals surface area contributed by atoms with Crippen molar-refractivity contribution in [3.05, 3.63) is 42.5 Å². The summed E-state index contributed by atoms with van der Waals surface area (Å²) in [4.78, 5) is 11.0. The van der Waals surface area contributed by atoms with E-state index in [9.17, 15) is 4.79 Å². The predicted octanol–water partition coefficient (Wildman–Crippen LogP) is 2.80. The highest BCUT2D eigenvalue weighted by Gasteiger charge is 2.30. The monoisotopic (exact) mass is 273 g/mol. The van der Waals surface area contributed by atoms with Gasteiger partial charge in [-0.05, 0) is 25.3 Å². The van der Waals surface area contributed by atoms with Crippen molar-refractivity contribution in [2.24, 2.45) is 5.73 Å². The summed E-state index contributed by atoms with van der Waals surface area (Å²) in [6.07, 6.45) is -0.0437. The van der Waals surface area contributed by atoms with Crippen LogP contribution in [-0.4, -0.2) is 22.7 Å². The van der Waals surface area contributed by atoms with Gasteiger partial charge in [-0.3, -0.25) is 4.79 Å². The molecule has 0 aromatic heterocycles. The number of fused-ring (bicyclic) bond motifs is 1. The molecule has 0 amide bonds. The Morgan fingerprint density at radius 3 is 2.65 bits per heavy atom. The summed E-state index contributed by atoms with van der Waals surface area (Å²) in [5.41, 5.74) is 4.46. The Kier molecular flexibility index (Phi) is 3.95. The predicted molar refractivity (Wildman–Crippen MR) is 78.9 cm³/mol. The van der Waals surface area contributed by atoms with E-state index in [-0.39, 0.29) is 12.5 Å². The molecule has 4 nitrogen and oxygen atoms in total. The number of carboxylic acid groups (broad SMARTS) is 1. The van der Waals surface area contributed by atoms with E-state index < -0.39 is 11.5 Å². The third kappa shape index (κ3) is 3.08. The van der Waals surface area contributed by atoms with Crippen molar-refractivity contribution < 1.29 is 14.6 Å². The summed E-state index contributed by atoms with van der Waals surface area (Å²) >= 11 is 0. The van der Waals surface area contributed by atoms with Gasteiger partial charge < -0.3 is 15.6 Å². The van der Waals surface area contributed by atoms with Crippen LogP contribution in [-0.2, 0) is 4.79 Å². The minimum Gasteiger partial charge on any atom is -0.490 e. The molecule has 0 aliphatic rings. The number of carboxylic acids is 1. The number of carbonyl (C=O) groups is 1. The number of nitrogens with two attached hydrogens (primary N) is 1. The molecular formula is C16H19NO3. The maximum absolute atomic E-state index is 11.0. The second-order valence-corrected chi connectivity index (χ2v) is 5.33. The molecule has 2 aromatic rings. The van der Waals surface area contributed by atoms with E-state index in [0.29, 0.717) is 0 Å². The largest absolute Gasteiger partial charge is 0.490 e. The van der Waals surface area contributed by atoms with Crippen molar-refractivity contribution >= 4 is 16.7 Å². The minimum absolute atomic E-state index is 0.242. The second-order valence-electron chi connectivity index (χ2n) is 5.33. The van der Waals surface area contributed by atoms with Gasteiger partial charge in [-0.2, -0.15) is 0 Å². The average molecular weight is 273 g/mol. The molecule has 0 spiro atoms. The lowest BCUT2D eigenvalue weighted by molar-refractivity contribution is -0.143. The fourth-order valence-electron chi connectivity index (χ4n) is 2.24. The molecule has 4 heteroatoms. The van der Waals surface area contributed by atoms with Gasteiger partial charge in [0.15, 0.2) is 0 Å². The van der Waals surface area contributed by atoms with Crippen LogP contribution >= 0.6 is 0 Å². The highest BCUT2D eigenvalue weighted by Crippen LogP contribution is 2.27. The van der Waals surface area contributed by atoms with E-state index in [1.54, 1.807) is 0 Å². The molecule has 0 fully saturated rings. The zero-order chi connectivity index (χ0) is 14.8. The Bertz CT molecular complexity index is 617. The van der Waals surface area contributed by atoms with Gasteiger partial charge in [0.2, 0.25) is 0 Å². The molecule has 106 valence electrons. The quantitative estimate of drug-likeness (QED) is 0.878. The maximum atomic E-state index is 11.0. The molecule has 3 N–H and O–H groups in total. The van der Waals surface area contributed by atoms with Crippen LogP contribution in [0.25, 0.3) is 10.8 Å². The Balaban J connectivity index is 2.18. The molecule has 20 heavy (non-hydrogen) atoms. The lowest BCUT2D eigenvalue weighted by Crippen LogP contribution is -2.47. The van der Waals surface area contributed by atoms with E-state index in [0.717, 1.165) is 16.5 Å². The van der Waals surface area contributed by atoms with E-state index in [1.807, 2.05) is 49.4 Å². The van der Waals surface area contributed by atoms with E-state index in [1.165, 1.54) is 6.92 Å². The van der Waals surface area contributed by atoms with Crippen LogP contribution in [0.2, 0.25) is 0 Å². The van der Waals surface area contributed by atoms with Crippen LogP contribution in [0.1, 0.15) is 20.3 Å². The van der Waals surface area contributed by atoms with Crippen molar-refractivity contribution in [1.82, 2.24) is 0 Å². The van der Waals surface area contributed by atoms with Crippen LogP contribution in [0.4, 0.5) is 0 Å². The molecule has 0 aliphatic heterocycles. The smallest absolute Gasteiger partial charge is 0.323 e. The van der Waals surface area contributed by atoms with Crippen LogP contribution in [0, 0.1) is 0 Å². The van der Waals surface area contributed by atoms with Crippen LogP contribution in [0.3, 0.4) is 0 Å². The molecule has 0 bridgehead atoms. The molecule has 2 unspecified atom stereocenters. The van der Waals surface area contributed by atoms with Gasteiger partial charge in [0.1, 0.15) is 11.3 Å². The standard InChI is InChI=1S/C16H19NO3/c1-11(10-16(2,17)15(18)19)20-14-9-5-7-12-6-3-4-8-13(12)14/h3-9,11H,10,17H2,1-2H3,(H,18,19). The number of hydrogen-bond acceptors (Lipinski definition) is 3. The summed E-state index contributed by atoms with van der Waals surface area (Å²) in [7, 11) is 0. The van der Waals surface area contributed by atoms with Gasteiger partial charge in [-0.1, -0.05) is 36.4 Å². The minimum atomic E-state index is -1.29. The molecule has 2 rings (SSSR count). The molecule has 0 saturated carbocycles. The van der Waals surface area contributed by atoms with Crippen LogP contribution in [0.5, 0.6) is 5.75 Å². The molecule has 0 radical (unpaired) electrons. The number of ether oxygens (including phenoxy) is 1. The first-order valence-corrected chi connectivity index (χ1v) is 6.57. The van der Waals surface area contributed by atoms with Crippen LogP contribution < -0.4 is 10.5 Å². The Morgan fingerprint density at radius 1 is 1.30 bits per heavy atom. The zero-order valence-corrected chi connectivity index (χ0v) is 11.7. The van der Waals surface area contributed by atoms with Crippen molar-refractivity contribution in [3.63, 3.8) is 0 Å².